The van der Waals surface area contributed by atoms with Crippen molar-refractivity contribution in [2.75, 3.05) is 5.32 Å². The number of hydrogen-bond donors (Lipinski definition) is 2. The highest BCUT2D eigenvalue weighted by atomic mass is 35.5. The number of halogens is 1. The summed E-state index contributed by atoms with van der Waals surface area (Å²) in [5.41, 5.74) is -0.237. The van der Waals surface area contributed by atoms with E-state index in [0.29, 0.717) is 17.1 Å². The van der Waals surface area contributed by atoms with E-state index in [1.54, 1.807) is 31.2 Å². The Morgan fingerprint density at radius 3 is 2.73 bits per heavy atom. The van der Waals surface area contributed by atoms with Gasteiger partial charge in [-0.3, -0.25) is 0 Å². The van der Waals surface area contributed by atoms with E-state index >= 15 is 0 Å². The smallest absolute Gasteiger partial charge is 0.329 e. The minimum atomic E-state index is -0.954. The number of nitrogens with one attached hydrogen (secondary N) is 1. The van der Waals surface area contributed by atoms with Crippen molar-refractivity contribution in [2.45, 2.75) is 25.8 Å². The van der Waals surface area contributed by atoms with Crippen molar-refractivity contribution in [3.63, 3.8) is 0 Å². The fourth-order valence-electron chi connectivity index (χ4n) is 1.18. The Labute approximate surface area is 94.1 Å². The van der Waals surface area contributed by atoms with E-state index in [0.717, 1.165) is 0 Å². The summed E-state index contributed by atoms with van der Waals surface area (Å²) in [5, 5.41) is 12.6. The average molecular weight is 228 g/mol. The Morgan fingerprint density at radius 2 is 2.27 bits per heavy atom. The van der Waals surface area contributed by atoms with Crippen LogP contribution < -0.4 is 5.32 Å². The Morgan fingerprint density at radius 1 is 1.60 bits per heavy atom. The van der Waals surface area contributed by atoms with Crippen LogP contribution in [0.5, 0.6) is 0 Å². The van der Waals surface area contributed by atoms with Gasteiger partial charge in [-0.05, 0) is 31.5 Å². The van der Waals surface area contributed by atoms with Gasteiger partial charge in [0, 0.05) is 10.7 Å². The van der Waals surface area contributed by atoms with E-state index < -0.39 is 11.5 Å². The zero-order valence-electron chi connectivity index (χ0n) is 8.75. The molecule has 0 saturated heterocycles. The zero-order valence-corrected chi connectivity index (χ0v) is 9.51. The van der Waals surface area contributed by atoms with Crippen LogP contribution in [0, 0.1) is 0 Å². The molecule has 0 spiro atoms. The maximum atomic E-state index is 11.0. The van der Waals surface area contributed by atoms with Gasteiger partial charge >= 0.3 is 5.97 Å². The molecule has 1 unspecified atom stereocenters. The monoisotopic (exact) mass is 227 g/mol. The quantitative estimate of drug-likeness (QED) is 0.832. The molecule has 1 aromatic rings. The van der Waals surface area contributed by atoms with Crippen LogP contribution in [-0.2, 0) is 4.79 Å². The third-order valence-corrected chi connectivity index (χ3v) is 2.66. The maximum Gasteiger partial charge on any atom is 0.329 e. The van der Waals surface area contributed by atoms with Crippen molar-refractivity contribution in [2.24, 2.45) is 0 Å². The third kappa shape index (κ3) is 2.86. The Hall–Kier alpha value is -1.22. The number of rotatable bonds is 4. The second kappa shape index (κ2) is 4.53. The highest BCUT2D eigenvalue weighted by molar-refractivity contribution is 6.30. The number of carbonyl (C=O) groups is 1. The van der Waals surface area contributed by atoms with Crippen LogP contribution in [0.1, 0.15) is 20.3 Å². The molecule has 0 amide bonds. The first-order valence-corrected chi connectivity index (χ1v) is 5.13. The predicted molar refractivity (Wildman–Crippen MR) is 61.4 cm³/mol. The summed E-state index contributed by atoms with van der Waals surface area (Å²) in [4.78, 5) is 11.0. The van der Waals surface area contributed by atoms with Crippen LogP contribution in [-0.4, -0.2) is 16.6 Å². The molecule has 3 nitrogen and oxygen atoms in total. The van der Waals surface area contributed by atoms with Gasteiger partial charge < -0.3 is 10.4 Å². The van der Waals surface area contributed by atoms with Gasteiger partial charge in [-0.2, -0.15) is 0 Å². The first-order chi connectivity index (χ1) is 6.98. The Kier molecular flexibility index (Phi) is 3.58. The van der Waals surface area contributed by atoms with E-state index in [1.165, 1.54) is 0 Å². The molecule has 4 heteroatoms. The van der Waals surface area contributed by atoms with E-state index in [1.807, 2.05) is 6.92 Å². The largest absolute Gasteiger partial charge is 0.480 e. The van der Waals surface area contributed by atoms with Crippen LogP contribution in [0.4, 0.5) is 5.69 Å². The molecule has 0 radical (unpaired) electrons. The van der Waals surface area contributed by atoms with E-state index in [9.17, 15) is 4.79 Å². The molecule has 1 atom stereocenters. The Balaban J connectivity index is 2.89. The number of hydrogen-bond acceptors (Lipinski definition) is 2. The van der Waals surface area contributed by atoms with Crippen molar-refractivity contribution in [1.29, 1.82) is 0 Å². The van der Waals surface area contributed by atoms with Crippen molar-refractivity contribution < 1.29 is 9.90 Å². The van der Waals surface area contributed by atoms with Crippen molar-refractivity contribution in [3.8, 4) is 0 Å². The summed E-state index contributed by atoms with van der Waals surface area (Å²) < 4.78 is 0. The molecule has 0 aliphatic carbocycles. The Bertz CT molecular complexity index is 367. The fourth-order valence-corrected chi connectivity index (χ4v) is 1.37. The normalized spacial score (nSPS) is 14.3. The number of aliphatic carboxylic acids is 1. The van der Waals surface area contributed by atoms with Gasteiger partial charge in [0.25, 0.3) is 0 Å². The fraction of sp³-hybridized carbons (Fsp3) is 0.364. The maximum absolute atomic E-state index is 11.0. The summed E-state index contributed by atoms with van der Waals surface area (Å²) in [6.07, 6.45) is 0.495. The second-order valence-corrected chi connectivity index (χ2v) is 4.06. The summed E-state index contributed by atoms with van der Waals surface area (Å²) in [5.74, 6) is -0.870. The summed E-state index contributed by atoms with van der Waals surface area (Å²) >= 11 is 5.81. The van der Waals surface area contributed by atoms with Crippen LogP contribution in [0.15, 0.2) is 24.3 Å². The molecule has 15 heavy (non-hydrogen) atoms. The molecule has 0 bridgehead atoms. The van der Waals surface area contributed by atoms with E-state index in [2.05, 4.69) is 5.32 Å². The molecular weight excluding hydrogens is 214 g/mol. The topological polar surface area (TPSA) is 49.3 Å². The minimum Gasteiger partial charge on any atom is -0.480 e. The van der Waals surface area contributed by atoms with Crippen LogP contribution in [0.2, 0.25) is 5.02 Å². The molecule has 0 saturated carbocycles. The third-order valence-electron chi connectivity index (χ3n) is 2.42. The van der Waals surface area contributed by atoms with Crippen LogP contribution in [0.25, 0.3) is 0 Å². The second-order valence-electron chi connectivity index (χ2n) is 3.63. The van der Waals surface area contributed by atoms with Gasteiger partial charge in [0.05, 0.1) is 0 Å². The first-order valence-electron chi connectivity index (χ1n) is 4.75. The number of benzene rings is 1. The number of carboxylic acid groups (broad SMARTS) is 1. The molecule has 0 aliphatic rings. The minimum absolute atomic E-state index is 0.495. The molecule has 1 aromatic carbocycles. The van der Waals surface area contributed by atoms with E-state index in [4.69, 9.17) is 16.7 Å². The van der Waals surface area contributed by atoms with Gasteiger partial charge in [0.1, 0.15) is 5.54 Å². The summed E-state index contributed by atoms with van der Waals surface area (Å²) in [7, 11) is 0. The van der Waals surface area contributed by atoms with Crippen LogP contribution in [0.3, 0.4) is 0 Å². The van der Waals surface area contributed by atoms with Gasteiger partial charge in [-0.1, -0.05) is 24.6 Å². The van der Waals surface area contributed by atoms with Crippen molar-refractivity contribution in [1.82, 2.24) is 0 Å². The lowest BCUT2D eigenvalue weighted by Gasteiger charge is -2.25. The molecule has 0 aromatic heterocycles. The lowest BCUT2D eigenvalue weighted by molar-refractivity contribution is -0.141. The molecule has 2 N–H and O–H groups in total. The SMILES string of the molecule is CCC(C)(Nc1cccc(Cl)c1)C(=O)O. The lowest BCUT2D eigenvalue weighted by atomic mass is 9.99. The number of anilines is 1. The molecule has 0 heterocycles. The van der Waals surface area contributed by atoms with Crippen molar-refractivity contribution >= 4 is 23.3 Å². The first kappa shape index (κ1) is 11.9. The molecule has 82 valence electrons. The molecular formula is C11H14ClNO2. The zero-order chi connectivity index (χ0) is 11.5. The van der Waals surface area contributed by atoms with Crippen molar-refractivity contribution in [3.05, 3.63) is 29.3 Å². The van der Waals surface area contributed by atoms with Crippen LogP contribution >= 0.6 is 11.6 Å². The average Bonchev–Trinajstić information content (AvgIpc) is 2.17. The van der Waals surface area contributed by atoms with Gasteiger partial charge in [-0.15, -0.1) is 0 Å². The highest BCUT2D eigenvalue weighted by Gasteiger charge is 2.30. The highest BCUT2D eigenvalue weighted by Crippen LogP contribution is 2.21. The van der Waals surface area contributed by atoms with Gasteiger partial charge in [0.15, 0.2) is 0 Å². The molecule has 0 aliphatic heterocycles. The summed E-state index contributed by atoms with van der Waals surface area (Å²) in [6.45, 7) is 3.47. The summed E-state index contributed by atoms with van der Waals surface area (Å²) in [6, 6.07) is 7.03. The number of carboxylic acids is 1. The standard InChI is InChI=1S/C11H14ClNO2/c1-3-11(2,10(14)15)13-9-6-4-5-8(12)7-9/h4-7,13H,3H2,1-2H3,(H,14,15). The predicted octanol–water partition coefficient (Wildman–Crippen LogP) is 3.01. The van der Waals surface area contributed by atoms with Gasteiger partial charge in [-0.25, -0.2) is 4.79 Å². The lowest BCUT2D eigenvalue weighted by Crippen LogP contribution is -2.42. The van der Waals surface area contributed by atoms with Gasteiger partial charge in [0.2, 0.25) is 0 Å². The van der Waals surface area contributed by atoms with E-state index in [-0.39, 0.29) is 0 Å². The molecule has 1 rings (SSSR count). The molecule has 0 fully saturated rings.